The Morgan fingerprint density at radius 3 is 2.75 bits per heavy atom. The summed E-state index contributed by atoms with van der Waals surface area (Å²) < 4.78 is 0.888. The highest BCUT2D eigenvalue weighted by atomic mass is 79.9. The monoisotopic (exact) mass is 339 g/mol. The van der Waals surface area contributed by atoms with Crippen LogP contribution in [0.3, 0.4) is 0 Å². The van der Waals surface area contributed by atoms with Crippen molar-refractivity contribution in [2.24, 2.45) is 11.7 Å². The average molecular weight is 340 g/mol. The van der Waals surface area contributed by atoms with Crippen LogP contribution in [0.15, 0.2) is 22.7 Å². The molecule has 1 saturated heterocycles. The molecule has 0 unspecified atom stereocenters. The molecule has 4 nitrogen and oxygen atoms in total. The number of hydrogen-bond acceptors (Lipinski definition) is 3. The standard InChI is InChI=1S/C15H22BrN3O/c1-18-7-4-11-5-8-19(9-6-11)14-3-2-12(16)10-13(14)15(17)20/h2-3,10-11,18H,4-9H2,1H3,(H2,17,20). The largest absolute Gasteiger partial charge is 0.371 e. The number of amides is 1. The van der Waals surface area contributed by atoms with Gasteiger partial charge in [0.05, 0.1) is 5.56 Å². The maximum Gasteiger partial charge on any atom is 0.250 e. The van der Waals surface area contributed by atoms with Crippen LogP contribution in [0.5, 0.6) is 0 Å². The van der Waals surface area contributed by atoms with Gasteiger partial charge in [0.25, 0.3) is 5.91 Å². The molecule has 0 bridgehead atoms. The van der Waals surface area contributed by atoms with Crippen LogP contribution in [0.25, 0.3) is 0 Å². The molecule has 110 valence electrons. The first-order chi connectivity index (χ1) is 9.61. The van der Waals surface area contributed by atoms with E-state index in [0.717, 1.165) is 35.7 Å². The van der Waals surface area contributed by atoms with Crippen LogP contribution in [0, 0.1) is 5.92 Å². The average Bonchev–Trinajstić information content (AvgIpc) is 2.45. The molecule has 1 aromatic rings. The van der Waals surface area contributed by atoms with Crippen LogP contribution in [0.2, 0.25) is 0 Å². The molecule has 0 radical (unpaired) electrons. The van der Waals surface area contributed by atoms with Crippen molar-refractivity contribution in [2.45, 2.75) is 19.3 Å². The van der Waals surface area contributed by atoms with Gasteiger partial charge in [-0.3, -0.25) is 4.79 Å². The van der Waals surface area contributed by atoms with Crippen LogP contribution >= 0.6 is 15.9 Å². The van der Waals surface area contributed by atoms with Crippen LogP contribution < -0.4 is 16.0 Å². The number of carbonyl (C=O) groups is 1. The Hall–Kier alpha value is -1.07. The van der Waals surface area contributed by atoms with E-state index in [1.165, 1.54) is 19.3 Å². The molecule has 2 rings (SSSR count). The van der Waals surface area contributed by atoms with E-state index in [1.807, 2.05) is 25.2 Å². The number of carbonyl (C=O) groups excluding carboxylic acids is 1. The molecule has 1 fully saturated rings. The quantitative estimate of drug-likeness (QED) is 0.865. The molecule has 1 aliphatic heterocycles. The van der Waals surface area contributed by atoms with Crippen molar-refractivity contribution in [3.05, 3.63) is 28.2 Å². The Morgan fingerprint density at radius 1 is 1.45 bits per heavy atom. The lowest BCUT2D eigenvalue weighted by molar-refractivity contribution is 0.100. The minimum Gasteiger partial charge on any atom is -0.371 e. The predicted octanol–water partition coefficient (Wildman–Crippen LogP) is 2.37. The summed E-state index contributed by atoms with van der Waals surface area (Å²) in [6.45, 7) is 3.07. The number of hydrogen-bond donors (Lipinski definition) is 2. The van der Waals surface area contributed by atoms with E-state index in [1.54, 1.807) is 0 Å². The van der Waals surface area contributed by atoms with Crippen LogP contribution in [0.4, 0.5) is 5.69 Å². The van der Waals surface area contributed by atoms with E-state index in [2.05, 4.69) is 26.1 Å². The van der Waals surface area contributed by atoms with E-state index in [9.17, 15) is 4.79 Å². The third-order valence-corrected chi connectivity index (χ3v) is 4.48. The number of piperidine rings is 1. The maximum absolute atomic E-state index is 11.6. The Balaban J connectivity index is 2.05. The van der Waals surface area contributed by atoms with Gasteiger partial charge in [-0.15, -0.1) is 0 Å². The summed E-state index contributed by atoms with van der Waals surface area (Å²) in [4.78, 5) is 13.9. The van der Waals surface area contributed by atoms with Gasteiger partial charge in [-0.05, 0) is 57.0 Å². The van der Waals surface area contributed by atoms with Crippen molar-refractivity contribution in [3.8, 4) is 0 Å². The Labute approximate surface area is 128 Å². The summed E-state index contributed by atoms with van der Waals surface area (Å²) >= 11 is 3.39. The zero-order valence-electron chi connectivity index (χ0n) is 11.9. The fraction of sp³-hybridized carbons (Fsp3) is 0.533. The van der Waals surface area contributed by atoms with Crippen LogP contribution in [-0.4, -0.2) is 32.6 Å². The number of nitrogens with zero attached hydrogens (tertiary/aromatic N) is 1. The number of nitrogens with two attached hydrogens (primary N) is 1. The highest BCUT2D eigenvalue weighted by Crippen LogP contribution is 2.29. The SMILES string of the molecule is CNCCC1CCN(c2ccc(Br)cc2C(N)=O)CC1. The Kier molecular flexibility index (Phi) is 5.43. The molecule has 0 atom stereocenters. The summed E-state index contributed by atoms with van der Waals surface area (Å²) in [5, 5.41) is 3.21. The lowest BCUT2D eigenvalue weighted by atomic mass is 9.93. The van der Waals surface area contributed by atoms with E-state index in [0.29, 0.717) is 5.56 Å². The van der Waals surface area contributed by atoms with E-state index >= 15 is 0 Å². The highest BCUT2D eigenvalue weighted by Gasteiger charge is 2.22. The molecule has 5 heteroatoms. The van der Waals surface area contributed by atoms with E-state index < -0.39 is 0 Å². The van der Waals surface area contributed by atoms with Gasteiger partial charge in [0.1, 0.15) is 0 Å². The fourth-order valence-corrected chi connectivity index (χ4v) is 3.15. The van der Waals surface area contributed by atoms with Crippen molar-refractivity contribution in [1.82, 2.24) is 5.32 Å². The number of anilines is 1. The van der Waals surface area contributed by atoms with Gasteiger partial charge < -0.3 is 16.0 Å². The second-order valence-electron chi connectivity index (χ2n) is 5.35. The van der Waals surface area contributed by atoms with Gasteiger partial charge >= 0.3 is 0 Å². The summed E-state index contributed by atoms with van der Waals surface area (Å²) in [6, 6.07) is 5.76. The molecule has 1 aliphatic rings. The van der Waals surface area contributed by atoms with Crippen molar-refractivity contribution in [3.63, 3.8) is 0 Å². The predicted molar refractivity (Wildman–Crippen MR) is 86.1 cm³/mol. The molecule has 20 heavy (non-hydrogen) atoms. The first kappa shape index (κ1) is 15.3. The van der Waals surface area contributed by atoms with Crippen molar-refractivity contribution in [1.29, 1.82) is 0 Å². The van der Waals surface area contributed by atoms with Gasteiger partial charge in [-0.25, -0.2) is 0 Å². The van der Waals surface area contributed by atoms with E-state index in [4.69, 9.17) is 5.73 Å². The summed E-state index contributed by atoms with van der Waals surface area (Å²) in [5.74, 6) is 0.421. The molecular weight excluding hydrogens is 318 g/mol. The van der Waals surface area contributed by atoms with Gasteiger partial charge in [0.2, 0.25) is 0 Å². The number of halogens is 1. The highest BCUT2D eigenvalue weighted by molar-refractivity contribution is 9.10. The minimum atomic E-state index is -0.362. The minimum absolute atomic E-state index is 0.362. The summed E-state index contributed by atoms with van der Waals surface area (Å²) in [5.41, 5.74) is 7.06. The van der Waals surface area contributed by atoms with Gasteiger partial charge in [-0.1, -0.05) is 15.9 Å². The molecular formula is C15H22BrN3O. The summed E-state index contributed by atoms with van der Waals surface area (Å²) in [7, 11) is 2.00. The van der Waals surface area contributed by atoms with Gasteiger partial charge in [0, 0.05) is 23.2 Å². The van der Waals surface area contributed by atoms with E-state index in [-0.39, 0.29) is 5.91 Å². The first-order valence-electron chi connectivity index (χ1n) is 7.10. The number of primary amides is 1. The normalized spacial score (nSPS) is 16.4. The topological polar surface area (TPSA) is 58.4 Å². The third-order valence-electron chi connectivity index (χ3n) is 3.98. The zero-order chi connectivity index (χ0) is 14.5. The number of nitrogens with one attached hydrogen (secondary N) is 1. The second-order valence-corrected chi connectivity index (χ2v) is 6.26. The van der Waals surface area contributed by atoms with Crippen molar-refractivity contribution < 1.29 is 4.79 Å². The molecule has 3 N–H and O–H groups in total. The second kappa shape index (κ2) is 7.09. The molecule has 1 heterocycles. The lowest BCUT2D eigenvalue weighted by Gasteiger charge is -2.34. The molecule has 1 aromatic carbocycles. The molecule has 0 aliphatic carbocycles. The smallest absolute Gasteiger partial charge is 0.250 e. The number of rotatable bonds is 5. The zero-order valence-corrected chi connectivity index (χ0v) is 13.4. The number of benzene rings is 1. The lowest BCUT2D eigenvalue weighted by Crippen LogP contribution is -2.35. The Bertz CT molecular complexity index is 470. The van der Waals surface area contributed by atoms with Gasteiger partial charge in [0.15, 0.2) is 0 Å². The van der Waals surface area contributed by atoms with Crippen molar-refractivity contribution >= 4 is 27.5 Å². The first-order valence-corrected chi connectivity index (χ1v) is 7.90. The molecule has 0 aromatic heterocycles. The fourth-order valence-electron chi connectivity index (χ4n) is 2.79. The van der Waals surface area contributed by atoms with Crippen molar-refractivity contribution in [2.75, 3.05) is 31.6 Å². The van der Waals surface area contributed by atoms with Crippen LogP contribution in [-0.2, 0) is 0 Å². The molecule has 1 amide bonds. The van der Waals surface area contributed by atoms with Gasteiger partial charge in [-0.2, -0.15) is 0 Å². The third kappa shape index (κ3) is 3.73. The Morgan fingerprint density at radius 2 is 2.15 bits per heavy atom. The summed E-state index contributed by atoms with van der Waals surface area (Å²) in [6.07, 6.45) is 3.58. The molecule has 0 saturated carbocycles. The molecule has 0 spiro atoms. The van der Waals surface area contributed by atoms with Crippen LogP contribution in [0.1, 0.15) is 29.6 Å². The maximum atomic E-state index is 11.6.